The molecule has 0 amide bonds. The van der Waals surface area contributed by atoms with Crippen LogP contribution in [0.15, 0.2) is 35.6 Å². The number of aliphatic hydroxyl groups is 1. The third kappa shape index (κ3) is 3.49. The van der Waals surface area contributed by atoms with Gasteiger partial charge in [-0.2, -0.15) is 0 Å². The van der Waals surface area contributed by atoms with Crippen molar-refractivity contribution in [1.82, 2.24) is 4.98 Å². The minimum absolute atomic E-state index is 0.0590. The molecule has 0 fully saturated rings. The molecular weight excluding hydrogens is 304 g/mol. The number of nitrogens with zero attached hydrogens (tertiary/aromatic N) is 1. The van der Waals surface area contributed by atoms with Crippen molar-refractivity contribution in [2.75, 3.05) is 7.11 Å². The molecule has 1 heterocycles. The van der Waals surface area contributed by atoms with Gasteiger partial charge in [-0.15, -0.1) is 0 Å². The zero-order chi connectivity index (χ0) is 17.0. The Bertz CT molecular complexity index is 751. The zero-order valence-electron chi connectivity index (χ0n) is 12.3. The zero-order valence-corrected chi connectivity index (χ0v) is 12.3. The molecule has 8 nitrogen and oxygen atoms in total. The Hall–Kier alpha value is -2.87. The van der Waals surface area contributed by atoms with Crippen LogP contribution < -0.4 is 0 Å². The van der Waals surface area contributed by atoms with E-state index in [0.717, 1.165) is 18.0 Å². The standard InChI is InChI=1S/C15H16N2O6/c1-23-17-12(15(21)22)13(18)10(14(19)20)6-8-7-16-11-5-3-2-4-9(8)11/h2-5,7,10,13,16,18H,6H2,1H3,(H,19,20)(H,21,22). The maximum atomic E-state index is 11.5. The number of rotatable bonds is 7. The van der Waals surface area contributed by atoms with Crippen molar-refractivity contribution < 1.29 is 29.7 Å². The predicted octanol–water partition coefficient (Wildman–Crippen LogP) is 0.859. The molecule has 23 heavy (non-hydrogen) atoms. The number of hydrogen-bond acceptors (Lipinski definition) is 5. The number of H-pyrrole nitrogens is 1. The van der Waals surface area contributed by atoms with Crippen LogP contribution in [0.2, 0.25) is 0 Å². The van der Waals surface area contributed by atoms with Crippen molar-refractivity contribution >= 4 is 28.6 Å². The first kappa shape index (κ1) is 16.5. The molecule has 0 aliphatic carbocycles. The Balaban J connectivity index is 2.33. The number of hydrogen-bond donors (Lipinski definition) is 4. The van der Waals surface area contributed by atoms with E-state index >= 15 is 0 Å². The summed E-state index contributed by atoms with van der Waals surface area (Å²) in [5.74, 6) is -4.24. The maximum Gasteiger partial charge on any atom is 0.356 e. The van der Waals surface area contributed by atoms with Gasteiger partial charge in [0.2, 0.25) is 0 Å². The van der Waals surface area contributed by atoms with Crippen LogP contribution in [-0.2, 0) is 20.8 Å². The molecule has 1 aromatic heterocycles. The molecule has 0 aliphatic rings. The third-order valence-electron chi connectivity index (χ3n) is 3.50. The number of nitrogens with one attached hydrogen (secondary N) is 1. The number of aliphatic hydroxyl groups excluding tert-OH is 1. The molecule has 0 aliphatic heterocycles. The maximum absolute atomic E-state index is 11.5. The van der Waals surface area contributed by atoms with Crippen molar-refractivity contribution in [2.45, 2.75) is 12.5 Å². The van der Waals surface area contributed by atoms with E-state index in [2.05, 4.69) is 15.0 Å². The molecule has 2 unspecified atom stereocenters. The molecule has 4 N–H and O–H groups in total. The molecule has 122 valence electrons. The number of carboxylic acids is 2. The summed E-state index contributed by atoms with van der Waals surface area (Å²) in [4.78, 5) is 30.0. The summed E-state index contributed by atoms with van der Waals surface area (Å²) in [5, 5.41) is 32.5. The highest BCUT2D eigenvalue weighted by atomic mass is 16.6. The van der Waals surface area contributed by atoms with E-state index in [1.807, 2.05) is 18.2 Å². The lowest BCUT2D eigenvalue weighted by Crippen LogP contribution is -2.40. The molecular formula is C15H16N2O6. The van der Waals surface area contributed by atoms with Crippen LogP contribution in [0, 0.1) is 5.92 Å². The highest BCUT2D eigenvalue weighted by Gasteiger charge is 2.35. The van der Waals surface area contributed by atoms with Crippen molar-refractivity contribution in [3.63, 3.8) is 0 Å². The van der Waals surface area contributed by atoms with Crippen LogP contribution in [0.25, 0.3) is 10.9 Å². The highest BCUT2D eigenvalue weighted by molar-refractivity contribution is 6.37. The molecule has 0 spiro atoms. The van der Waals surface area contributed by atoms with Gasteiger partial charge in [-0.05, 0) is 18.1 Å². The van der Waals surface area contributed by atoms with Crippen LogP contribution in [0.3, 0.4) is 0 Å². The van der Waals surface area contributed by atoms with E-state index in [4.69, 9.17) is 5.11 Å². The van der Waals surface area contributed by atoms with Gasteiger partial charge in [0.25, 0.3) is 0 Å². The number of aliphatic carboxylic acids is 2. The van der Waals surface area contributed by atoms with E-state index in [1.165, 1.54) is 0 Å². The van der Waals surface area contributed by atoms with Crippen LogP contribution >= 0.6 is 0 Å². The summed E-state index contributed by atoms with van der Waals surface area (Å²) in [6, 6.07) is 7.29. The van der Waals surface area contributed by atoms with Gasteiger partial charge in [0, 0.05) is 17.1 Å². The Morgan fingerprint density at radius 2 is 2.00 bits per heavy atom. The summed E-state index contributed by atoms with van der Waals surface area (Å²) in [6.07, 6.45) is -0.226. The molecule has 2 aromatic rings. The van der Waals surface area contributed by atoms with Gasteiger partial charge in [-0.3, -0.25) is 4.79 Å². The fourth-order valence-electron chi connectivity index (χ4n) is 2.38. The smallest absolute Gasteiger partial charge is 0.356 e. The monoisotopic (exact) mass is 320 g/mol. The summed E-state index contributed by atoms with van der Waals surface area (Å²) >= 11 is 0. The molecule has 0 saturated heterocycles. The van der Waals surface area contributed by atoms with Crippen LogP contribution in [0.1, 0.15) is 5.56 Å². The van der Waals surface area contributed by atoms with Gasteiger partial charge in [-0.1, -0.05) is 23.4 Å². The predicted molar refractivity (Wildman–Crippen MR) is 81.2 cm³/mol. The molecule has 2 atom stereocenters. The van der Waals surface area contributed by atoms with Gasteiger partial charge in [0.15, 0.2) is 5.71 Å². The van der Waals surface area contributed by atoms with Crippen molar-refractivity contribution in [2.24, 2.45) is 11.1 Å². The molecule has 1 aromatic carbocycles. The van der Waals surface area contributed by atoms with Crippen LogP contribution in [-0.4, -0.2) is 51.2 Å². The molecule has 0 radical (unpaired) electrons. The lowest BCUT2D eigenvalue weighted by atomic mass is 9.91. The Kier molecular flexibility index (Phi) is 4.97. The number of aromatic nitrogens is 1. The summed E-state index contributed by atoms with van der Waals surface area (Å²) in [5.41, 5.74) is 0.735. The van der Waals surface area contributed by atoms with E-state index in [1.54, 1.807) is 12.3 Å². The number of oxime groups is 1. The summed E-state index contributed by atoms with van der Waals surface area (Å²) in [6.45, 7) is 0. The normalized spacial score (nSPS) is 14.4. The second-order valence-corrected chi connectivity index (χ2v) is 4.92. The average Bonchev–Trinajstić information content (AvgIpc) is 2.92. The number of carboxylic acid groups (broad SMARTS) is 2. The SMILES string of the molecule is CON=C(C(=O)O)C(O)C(Cc1c[nH]c2ccccc12)C(=O)O. The largest absolute Gasteiger partial charge is 0.481 e. The second kappa shape index (κ2) is 6.93. The first-order valence-electron chi connectivity index (χ1n) is 6.76. The Morgan fingerprint density at radius 3 is 2.61 bits per heavy atom. The number of fused-ring (bicyclic) bond motifs is 1. The van der Waals surface area contributed by atoms with E-state index in [0.29, 0.717) is 5.56 Å². The van der Waals surface area contributed by atoms with Gasteiger partial charge in [-0.25, -0.2) is 4.79 Å². The number of aromatic amines is 1. The van der Waals surface area contributed by atoms with Crippen molar-refractivity contribution in [3.05, 3.63) is 36.0 Å². The first-order chi connectivity index (χ1) is 11.0. The average molecular weight is 320 g/mol. The first-order valence-corrected chi connectivity index (χ1v) is 6.76. The number of carbonyl (C=O) groups is 2. The van der Waals surface area contributed by atoms with E-state index in [9.17, 15) is 19.8 Å². The fourth-order valence-corrected chi connectivity index (χ4v) is 2.38. The van der Waals surface area contributed by atoms with Crippen molar-refractivity contribution in [1.29, 1.82) is 0 Å². The van der Waals surface area contributed by atoms with Gasteiger partial charge in [0.1, 0.15) is 13.2 Å². The van der Waals surface area contributed by atoms with Gasteiger partial charge < -0.3 is 25.1 Å². The van der Waals surface area contributed by atoms with Crippen molar-refractivity contribution in [3.8, 4) is 0 Å². The topological polar surface area (TPSA) is 132 Å². The molecule has 0 saturated carbocycles. The third-order valence-corrected chi connectivity index (χ3v) is 3.50. The summed E-state index contributed by atoms with van der Waals surface area (Å²) < 4.78 is 0. The molecule has 0 bridgehead atoms. The van der Waals surface area contributed by atoms with Crippen LogP contribution in [0.5, 0.6) is 0 Å². The quantitative estimate of drug-likeness (QED) is 0.442. The van der Waals surface area contributed by atoms with Gasteiger partial charge >= 0.3 is 11.9 Å². The lowest BCUT2D eigenvalue weighted by Gasteiger charge is -2.18. The Morgan fingerprint density at radius 1 is 1.30 bits per heavy atom. The summed E-state index contributed by atoms with van der Waals surface area (Å²) in [7, 11) is 1.12. The number of para-hydroxylation sites is 1. The van der Waals surface area contributed by atoms with Crippen LogP contribution in [0.4, 0.5) is 0 Å². The van der Waals surface area contributed by atoms with E-state index < -0.39 is 29.7 Å². The molecule has 2 rings (SSSR count). The lowest BCUT2D eigenvalue weighted by molar-refractivity contribution is -0.144. The number of benzene rings is 1. The van der Waals surface area contributed by atoms with E-state index in [-0.39, 0.29) is 6.42 Å². The fraction of sp³-hybridized carbons (Fsp3) is 0.267. The Labute approximate surface area is 131 Å². The minimum atomic E-state index is -1.81. The molecule has 8 heteroatoms. The minimum Gasteiger partial charge on any atom is -0.481 e. The highest BCUT2D eigenvalue weighted by Crippen LogP contribution is 2.23. The second-order valence-electron chi connectivity index (χ2n) is 4.92. The van der Waals surface area contributed by atoms with Gasteiger partial charge in [0.05, 0.1) is 5.92 Å².